The molecule has 0 aliphatic rings. The molecule has 5 nitrogen and oxygen atoms in total. The van der Waals surface area contributed by atoms with Gasteiger partial charge in [-0.2, -0.15) is 0 Å². The van der Waals surface area contributed by atoms with Crippen molar-refractivity contribution in [3.8, 4) is 5.75 Å². The number of nitrogens with one attached hydrogen (secondary N) is 1. The maximum absolute atomic E-state index is 5.38. The van der Waals surface area contributed by atoms with Crippen molar-refractivity contribution >= 4 is 11.6 Å². The molecule has 1 N–H and O–H groups in total. The predicted molar refractivity (Wildman–Crippen MR) is 95.3 cm³/mol. The highest BCUT2D eigenvalue weighted by Crippen LogP contribution is 2.20. The third-order valence-electron chi connectivity index (χ3n) is 3.72. The highest BCUT2D eigenvalue weighted by molar-refractivity contribution is 5.49. The number of hydrogen-bond acceptors (Lipinski definition) is 5. The Labute approximate surface area is 138 Å². The van der Waals surface area contributed by atoms with Crippen LogP contribution in [0.15, 0.2) is 30.3 Å². The fourth-order valence-corrected chi connectivity index (χ4v) is 2.38. The number of rotatable bonds is 8. The Balaban J connectivity index is 2.09. The van der Waals surface area contributed by atoms with E-state index in [0.717, 1.165) is 41.7 Å². The van der Waals surface area contributed by atoms with Crippen LogP contribution in [-0.2, 0) is 6.54 Å². The Morgan fingerprint density at radius 1 is 1.22 bits per heavy atom. The van der Waals surface area contributed by atoms with Crippen molar-refractivity contribution < 1.29 is 4.74 Å². The summed E-state index contributed by atoms with van der Waals surface area (Å²) in [4.78, 5) is 11.2. The van der Waals surface area contributed by atoms with E-state index in [1.54, 1.807) is 7.11 Å². The summed E-state index contributed by atoms with van der Waals surface area (Å²) in [6.45, 7) is 5.78. The minimum absolute atomic E-state index is 0.665. The largest absolute Gasteiger partial charge is 0.496 e. The fourth-order valence-electron chi connectivity index (χ4n) is 2.38. The maximum Gasteiger partial charge on any atom is 0.134 e. The molecule has 124 valence electrons. The average Bonchev–Trinajstić information content (AvgIpc) is 2.57. The molecule has 0 bridgehead atoms. The number of aryl methyl sites for hydroxylation is 1. The summed E-state index contributed by atoms with van der Waals surface area (Å²) in [5.74, 6) is 3.44. The van der Waals surface area contributed by atoms with Gasteiger partial charge in [0.15, 0.2) is 0 Å². The smallest absolute Gasteiger partial charge is 0.134 e. The van der Waals surface area contributed by atoms with Crippen LogP contribution in [0.2, 0.25) is 0 Å². The summed E-state index contributed by atoms with van der Waals surface area (Å²) in [5, 5.41) is 3.37. The van der Waals surface area contributed by atoms with E-state index < -0.39 is 0 Å². The highest BCUT2D eigenvalue weighted by atomic mass is 16.5. The summed E-state index contributed by atoms with van der Waals surface area (Å²) < 4.78 is 5.38. The number of unbranched alkanes of at least 4 members (excludes halogenated alkanes) is 1. The van der Waals surface area contributed by atoms with Crippen molar-refractivity contribution in [2.75, 3.05) is 30.9 Å². The lowest BCUT2D eigenvalue weighted by Gasteiger charge is -2.19. The average molecular weight is 314 g/mol. The third kappa shape index (κ3) is 4.84. The summed E-state index contributed by atoms with van der Waals surface area (Å²) in [7, 11) is 3.76. The van der Waals surface area contributed by atoms with Crippen LogP contribution >= 0.6 is 0 Å². The molecule has 0 unspecified atom stereocenters. The van der Waals surface area contributed by atoms with Crippen LogP contribution in [0.25, 0.3) is 0 Å². The highest BCUT2D eigenvalue weighted by Gasteiger charge is 2.07. The molecule has 0 amide bonds. The van der Waals surface area contributed by atoms with Crippen LogP contribution in [0.1, 0.15) is 31.2 Å². The molecular weight excluding hydrogens is 288 g/mol. The molecule has 0 radical (unpaired) electrons. The summed E-state index contributed by atoms with van der Waals surface area (Å²) in [5.41, 5.74) is 1.10. The van der Waals surface area contributed by atoms with Gasteiger partial charge in [0.05, 0.1) is 7.11 Å². The quantitative estimate of drug-likeness (QED) is 0.806. The zero-order valence-electron chi connectivity index (χ0n) is 14.5. The molecule has 0 aliphatic carbocycles. The van der Waals surface area contributed by atoms with E-state index in [1.807, 2.05) is 37.3 Å². The van der Waals surface area contributed by atoms with Gasteiger partial charge in [0, 0.05) is 31.8 Å². The van der Waals surface area contributed by atoms with Gasteiger partial charge >= 0.3 is 0 Å². The maximum atomic E-state index is 5.38. The SMILES string of the molecule is CCCCN(C)c1cc(NCc2ccccc2OC)nc(C)n1. The molecule has 5 heteroatoms. The molecule has 1 aromatic carbocycles. The van der Waals surface area contributed by atoms with Gasteiger partial charge in [-0.3, -0.25) is 0 Å². The first-order chi connectivity index (χ1) is 11.1. The first-order valence-electron chi connectivity index (χ1n) is 8.06. The van der Waals surface area contributed by atoms with E-state index in [9.17, 15) is 0 Å². The third-order valence-corrected chi connectivity index (χ3v) is 3.72. The number of hydrogen-bond donors (Lipinski definition) is 1. The summed E-state index contributed by atoms with van der Waals surface area (Å²) in [6.07, 6.45) is 2.33. The van der Waals surface area contributed by atoms with E-state index >= 15 is 0 Å². The first kappa shape index (κ1) is 17.1. The van der Waals surface area contributed by atoms with Crippen LogP contribution < -0.4 is 15.0 Å². The van der Waals surface area contributed by atoms with E-state index in [-0.39, 0.29) is 0 Å². The lowest BCUT2D eigenvalue weighted by atomic mass is 10.2. The number of aromatic nitrogens is 2. The van der Waals surface area contributed by atoms with Crippen molar-refractivity contribution in [1.82, 2.24) is 9.97 Å². The van der Waals surface area contributed by atoms with E-state index in [1.165, 1.54) is 6.42 Å². The molecule has 0 saturated carbocycles. The first-order valence-corrected chi connectivity index (χ1v) is 8.06. The zero-order chi connectivity index (χ0) is 16.7. The number of nitrogens with zero attached hydrogens (tertiary/aromatic N) is 3. The van der Waals surface area contributed by atoms with E-state index in [4.69, 9.17) is 4.74 Å². The van der Waals surface area contributed by atoms with Gasteiger partial charge in [0.25, 0.3) is 0 Å². The Kier molecular flexibility index (Phi) is 6.20. The second-order valence-electron chi connectivity index (χ2n) is 5.60. The number of benzene rings is 1. The molecule has 0 atom stereocenters. The molecule has 0 saturated heterocycles. The Bertz CT molecular complexity index is 630. The van der Waals surface area contributed by atoms with Crippen molar-refractivity contribution in [2.24, 2.45) is 0 Å². The topological polar surface area (TPSA) is 50.3 Å². The number of methoxy groups -OCH3 is 1. The number of anilines is 2. The Hall–Kier alpha value is -2.30. The van der Waals surface area contributed by atoms with Crippen LogP contribution in [0.3, 0.4) is 0 Å². The van der Waals surface area contributed by atoms with Crippen molar-refractivity contribution in [3.63, 3.8) is 0 Å². The molecule has 0 aliphatic heterocycles. The van der Waals surface area contributed by atoms with E-state index in [2.05, 4.69) is 34.2 Å². The normalized spacial score (nSPS) is 10.4. The molecular formula is C18H26N4O. The summed E-state index contributed by atoms with van der Waals surface area (Å²) in [6, 6.07) is 9.99. The molecule has 1 heterocycles. The van der Waals surface area contributed by atoms with Gasteiger partial charge in [0.1, 0.15) is 23.2 Å². The van der Waals surface area contributed by atoms with Gasteiger partial charge in [-0.05, 0) is 19.4 Å². The van der Waals surface area contributed by atoms with Crippen molar-refractivity contribution in [2.45, 2.75) is 33.2 Å². The van der Waals surface area contributed by atoms with E-state index in [0.29, 0.717) is 6.54 Å². The lowest BCUT2D eigenvalue weighted by Crippen LogP contribution is -2.20. The Morgan fingerprint density at radius 3 is 2.74 bits per heavy atom. The minimum Gasteiger partial charge on any atom is -0.496 e. The molecule has 2 rings (SSSR count). The monoisotopic (exact) mass is 314 g/mol. The second-order valence-corrected chi connectivity index (χ2v) is 5.60. The van der Waals surface area contributed by atoms with Gasteiger partial charge in [-0.1, -0.05) is 31.5 Å². The zero-order valence-corrected chi connectivity index (χ0v) is 14.5. The van der Waals surface area contributed by atoms with Gasteiger partial charge in [0.2, 0.25) is 0 Å². The number of ether oxygens (including phenoxy) is 1. The molecule has 23 heavy (non-hydrogen) atoms. The second kappa shape index (κ2) is 8.36. The minimum atomic E-state index is 0.665. The van der Waals surface area contributed by atoms with Gasteiger partial charge in [-0.15, -0.1) is 0 Å². The molecule has 2 aromatic rings. The van der Waals surface area contributed by atoms with Crippen LogP contribution in [0.4, 0.5) is 11.6 Å². The predicted octanol–water partition coefficient (Wildman–Crippen LogP) is 3.64. The molecule has 1 aromatic heterocycles. The van der Waals surface area contributed by atoms with Crippen LogP contribution in [0, 0.1) is 6.92 Å². The van der Waals surface area contributed by atoms with Crippen LogP contribution in [-0.4, -0.2) is 30.7 Å². The van der Waals surface area contributed by atoms with Gasteiger partial charge in [-0.25, -0.2) is 9.97 Å². The number of para-hydroxylation sites is 1. The fraction of sp³-hybridized carbons (Fsp3) is 0.444. The lowest BCUT2D eigenvalue weighted by molar-refractivity contribution is 0.410. The van der Waals surface area contributed by atoms with Crippen molar-refractivity contribution in [1.29, 1.82) is 0 Å². The summed E-state index contributed by atoms with van der Waals surface area (Å²) >= 11 is 0. The molecule has 0 spiro atoms. The van der Waals surface area contributed by atoms with Crippen LogP contribution in [0.5, 0.6) is 5.75 Å². The standard InChI is InChI=1S/C18H26N4O/c1-5-6-11-22(3)18-12-17(20-14(2)21-18)19-13-15-9-7-8-10-16(15)23-4/h7-10,12H,5-6,11,13H2,1-4H3,(H,19,20,21). The van der Waals surface area contributed by atoms with Gasteiger partial charge < -0.3 is 15.0 Å². The Morgan fingerprint density at radius 2 is 2.00 bits per heavy atom. The van der Waals surface area contributed by atoms with Crippen molar-refractivity contribution in [3.05, 3.63) is 41.7 Å². The molecule has 0 fully saturated rings.